The molecule has 8 aromatic rings. The summed E-state index contributed by atoms with van der Waals surface area (Å²) >= 11 is 0. The van der Waals surface area contributed by atoms with E-state index in [0.717, 1.165) is 10.8 Å². The fraction of sp³-hybridized carbons (Fsp3) is 0.0588. The third kappa shape index (κ3) is 6.19. The van der Waals surface area contributed by atoms with E-state index in [1.54, 1.807) is 0 Å². The normalized spacial score (nSPS) is 13.0. The second-order valence-corrected chi connectivity index (χ2v) is 22.5. The summed E-state index contributed by atoms with van der Waals surface area (Å²) in [7, 11) is -6.48. The molecule has 0 fully saturated rings. The number of rotatable bonds is 12. The van der Waals surface area contributed by atoms with Crippen molar-refractivity contribution in [1.29, 1.82) is 0 Å². The summed E-state index contributed by atoms with van der Waals surface area (Å²) < 4.78 is 2.92. The van der Waals surface area contributed by atoms with E-state index < -0.39 is 16.5 Å². The van der Waals surface area contributed by atoms with Gasteiger partial charge in [-0.25, -0.2) is 0 Å². The molecule has 0 unspecified atom stereocenters. The smallest absolute Gasteiger partial charge is 0.261 e. The number of hydrogen-bond donors (Lipinski definition) is 0. The molecule has 8 aromatic carbocycles. The molecule has 0 saturated heterocycles. The van der Waals surface area contributed by atoms with Crippen LogP contribution in [0.25, 0.3) is 10.8 Å². The van der Waals surface area contributed by atoms with Gasteiger partial charge in [0.05, 0.1) is 11.1 Å². The first kappa shape index (κ1) is 36.2. The molecular formula is C51H42N2O2Si2. The highest BCUT2D eigenvalue weighted by Crippen LogP contribution is 2.29. The molecule has 0 bridgehead atoms. The van der Waals surface area contributed by atoms with Gasteiger partial charge in [0, 0.05) is 6.54 Å². The molecule has 1 aliphatic rings. The molecule has 0 atom stereocenters. The number of amides is 2. The zero-order chi connectivity index (χ0) is 38.7. The van der Waals surface area contributed by atoms with Crippen LogP contribution in [0, 0.1) is 0 Å². The molecular weight excluding hydrogens is 729 g/mol. The summed E-state index contributed by atoms with van der Waals surface area (Å²) in [5.74, 6) is -0.439. The Kier molecular flexibility index (Phi) is 9.91. The molecule has 1 aliphatic heterocycles. The molecule has 1 heterocycles. The minimum atomic E-state index is -3.24. The summed E-state index contributed by atoms with van der Waals surface area (Å²) in [5, 5.41) is 9.55. The lowest BCUT2D eigenvalue weighted by atomic mass is 10.0. The van der Waals surface area contributed by atoms with Gasteiger partial charge in [-0.2, -0.15) is 0 Å². The third-order valence-corrected chi connectivity index (χ3v) is 22.7. The lowest BCUT2D eigenvalue weighted by Crippen LogP contribution is -2.90. The Labute approximate surface area is 336 Å². The van der Waals surface area contributed by atoms with Crippen molar-refractivity contribution >= 4 is 70.2 Å². The zero-order valence-electron chi connectivity index (χ0n) is 31.6. The summed E-state index contributed by atoms with van der Waals surface area (Å²) in [6.07, 6.45) is 0.577. The minimum absolute atomic E-state index is 0.220. The predicted molar refractivity (Wildman–Crippen MR) is 239 cm³/mol. The summed E-state index contributed by atoms with van der Waals surface area (Å²) in [5.41, 5.74) is 0.970. The van der Waals surface area contributed by atoms with Crippen molar-refractivity contribution in [3.63, 3.8) is 0 Å². The number of fused-ring (bicyclic) bond motifs is 2. The molecule has 276 valence electrons. The van der Waals surface area contributed by atoms with Gasteiger partial charge < -0.3 is 4.23 Å². The van der Waals surface area contributed by atoms with Crippen LogP contribution in [0.2, 0.25) is 0 Å². The summed E-state index contributed by atoms with van der Waals surface area (Å²) in [4.78, 5) is 29.8. The molecule has 57 heavy (non-hydrogen) atoms. The largest absolute Gasteiger partial charge is 0.324 e. The predicted octanol–water partition coefficient (Wildman–Crippen LogP) is 6.46. The van der Waals surface area contributed by atoms with Crippen LogP contribution in [-0.2, 0) is 0 Å². The average molecular weight is 771 g/mol. The third-order valence-electron chi connectivity index (χ3n) is 11.6. The second-order valence-electron chi connectivity index (χ2n) is 14.6. The fourth-order valence-corrected chi connectivity index (χ4v) is 22.4. The number of carbonyl (C=O) groups excluding carboxylic acids is 2. The lowest BCUT2D eigenvalue weighted by Gasteiger charge is -2.54. The molecule has 0 radical (unpaired) electrons. The number of nitrogens with zero attached hydrogens (tertiary/aromatic N) is 2. The van der Waals surface area contributed by atoms with Crippen LogP contribution in [0.15, 0.2) is 218 Å². The van der Waals surface area contributed by atoms with Crippen molar-refractivity contribution in [2.24, 2.45) is 0 Å². The number of benzene rings is 8. The van der Waals surface area contributed by atoms with Gasteiger partial charge in [0.2, 0.25) is 16.5 Å². The Morgan fingerprint density at radius 3 is 0.912 bits per heavy atom. The maximum absolute atomic E-state index is 14.2. The minimum Gasteiger partial charge on any atom is -0.324 e. The van der Waals surface area contributed by atoms with E-state index in [9.17, 15) is 9.59 Å². The highest BCUT2D eigenvalue weighted by molar-refractivity contribution is 7.22. The van der Waals surface area contributed by atoms with E-state index >= 15 is 0 Å². The Bertz CT molecular complexity index is 2270. The molecule has 0 spiro atoms. The molecule has 0 aliphatic carbocycles. The van der Waals surface area contributed by atoms with Gasteiger partial charge in [0.1, 0.15) is 0 Å². The van der Waals surface area contributed by atoms with E-state index in [-0.39, 0.29) is 11.8 Å². The Morgan fingerprint density at radius 2 is 0.632 bits per heavy atom. The molecule has 0 aromatic heterocycles. The van der Waals surface area contributed by atoms with E-state index in [1.165, 1.54) is 36.0 Å². The van der Waals surface area contributed by atoms with Crippen LogP contribution in [0.3, 0.4) is 0 Å². The summed E-state index contributed by atoms with van der Waals surface area (Å²) in [6.45, 7) is 0.913. The molecule has 0 saturated carbocycles. The maximum Gasteiger partial charge on any atom is 0.261 e. The van der Waals surface area contributed by atoms with Crippen LogP contribution < -0.4 is 31.1 Å². The van der Waals surface area contributed by atoms with Gasteiger partial charge >= 0.3 is 0 Å². The quantitative estimate of drug-likeness (QED) is 0.0815. The first-order chi connectivity index (χ1) is 28.1. The van der Waals surface area contributed by atoms with Gasteiger partial charge in [-0.05, 0) is 67.0 Å². The second kappa shape index (κ2) is 15.6. The lowest BCUT2D eigenvalue weighted by molar-refractivity contribution is 0.0652. The van der Waals surface area contributed by atoms with Gasteiger partial charge in [0.25, 0.3) is 11.8 Å². The summed E-state index contributed by atoms with van der Waals surface area (Å²) in [6, 6.07) is 78.1. The van der Waals surface area contributed by atoms with Gasteiger partial charge in [0.15, 0.2) is 0 Å². The first-order valence-corrected chi connectivity index (χ1v) is 23.5. The monoisotopic (exact) mass is 770 g/mol. The molecule has 4 nitrogen and oxygen atoms in total. The molecule has 0 N–H and O–H groups in total. The van der Waals surface area contributed by atoms with Crippen molar-refractivity contribution < 1.29 is 9.59 Å². The standard InChI is InChI=1S/C51H42N2O2Si2/c54-50-48-38-40-22-19-20-23-41(40)39-49(48)51(55)52(50)36-21-37-53(56(42-24-7-1-8-25-42,43-26-9-2-10-27-43)44-28-11-3-12-29-44)57(45-30-13-4-14-31-45,46-32-15-5-16-33-46)47-34-17-6-18-35-47/h1-20,22-35,38-39H,21,36-37H2. The van der Waals surface area contributed by atoms with Crippen LogP contribution in [0.5, 0.6) is 0 Å². The Morgan fingerprint density at radius 1 is 0.368 bits per heavy atom. The number of carbonyl (C=O) groups is 2. The van der Waals surface area contributed by atoms with Gasteiger partial charge in [-0.1, -0.05) is 206 Å². The van der Waals surface area contributed by atoms with E-state index in [1.807, 2.05) is 36.4 Å². The zero-order valence-corrected chi connectivity index (χ0v) is 33.6. The Balaban J connectivity index is 1.30. The van der Waals surface area contributed by atoms with E-state index in [0.29, 0.717) is 30.6 Å². The number of imide groups is 1. The van der Waals surface area contributed by atoms with Crippen LogP contribution in [-0.4, -0.2) is 50.5 Å². The van der Waals surface area contributed by atoms with Crippen LogP contribution in [0.1, 0.15) is 27.1 Å². The van der Waals surface area contributed by atoms with Gasteiger partial charge in [-0.3, -0.25) is 14.5 Å². The van der Waals surface area contributed by atoms with Crippen molar-refractivity contribution in [3.05, 3.63) is 230 Å². The van der Waals surface area contributed by atoms with Crippen LogP contribution in [0.4, 0.5) is 0 Å². The van der Waals surface area contributed by atoms with E-state index in [4.69, 9.17) is 0 Å². The molecule has 6 heteroatoms. The van der Waals surface area contributed by atoms with E-state index in [2.05, 4.69) is 186 Å². The molecule has 2 amide bonds. The topological polar surface area (TPSA) is 40.6 Å². The van der Waals surface area contributed by atoms with Crippen LogP contribution >= 0.6 is 0 Å². The van der Waals surface area contributed by atoms with Crippen molar-refractivity contribution in [2.75, 3.05) is 13.1 Å². The first-order valence-electron chi connectivity index (χ1n) is 19.6. The van der Waals surface area contributed by atoms with Gasteiger partial charge in [-0.15, -0.1) is 0 Å². The number of hydrogen-bond acceptors (Lipinski definition) is 3. The van der Waals surface area contributed by atoms with Crippen molar-refractivity contribution in [3.8, 4) is 0 Å². The molecule has 9 rings (SSSR count). The fourth-order valence-electron chi connectivity index (χ4n) is 9.17. The Hall–Kier alpha value is -6.45. The SMILES string of the molecule is O=C1c2cc3ccccc3cc2C(=O)N1CCCN([Si](c1ccccc1)(c1ccccc1)c1ccccc1)[Si](c1ccccc1)(c1ccccc1)c1ccccc1. The van der Waals surface area contributed by atoms with Crippen molar-refractivity contribution in [2.45, 2.75) is 6.42 Å². The maximum atomic E-state index is 14.2. The average Bonchev–Trinajstić information content (AvgIpc) is 3.52. The highest BCUT2D eigenvalue weighted by atomic mass is 28.4. The highest BCUT2D eigenvalue weighted by Gasteiger charge is 2.57. The van der Waals surface area contributed by atoms with Crippen molar-refractivity contribution in [1.82, 2.24) is 9.13 Å².